The van der Waals surface area contributed by atoms with Crippen molar-refractivity contribution in [2.45, 2.75) is 0 Å². The van der Waals surface area contributed by atoms with Gasteiger partial charge in [0.1, 0.15) is 0 Å². The number of nitrogens with zero attached hydrogens (tertiary/aromatic N) is 1. The highest BCUT2D eigenvalue weighted by atomic mass is 16.6. The normalized spacial score (nSPS) is 9.71. The monoisotopic (exact) mass is 285 g/mol. The fraction of sp³-hybridized carbons (Fsp3) is 0. The summed E-state index contributed by atoms with van der Waals surface area (Å²) in [6.07, 6.45) is 0. The van der Waals surface area contributed by atoms with Gasteiger partial charge in [0.15, 0.2) is 0 Å². The molecule has 106 valence electrons. The molecule has 2 rings (SSSR count). The number of hydrogen-bond donors (Lipinski definition) is 2. The maximum absolute atomic E-state index is 11.8. The highest BCUT2D eigenvalue weighted by Gasteiger charge is 2.12. The minimum Gasteiger partial charge on any atom is -0.267 e. The van der Waals surface area contributed by atoms with Crippen LogP contribution in [-0.2, 0) is 0 Å². The fourth-order valence-electron chi connectivity index (χ4n) is 1.61. The summed E-state index contributed by atoms with van der Waals surface area (Å²) < 4.78 is 0. The number of carbonyl (C=O) groups is 2. The Morgan fingerprint density at radius 2 is 1.43 bits per heavy atom. The van der Waals surface area contributed by atoms with Gasteiger partial charge in [-0.1, -0.05) is 24.3 Å². The summed E-state index contributed by atoms with van der Waals surface area (Å²) in [6, 6.07) is 13.5. The van der Waals surface area contributed by atoms with E-state index in [1.165, 1.54) is 18.2 Å². The third kappa shape index (κ3) is 3.63. The van der Waals surface area contributed by atoms with Crippen LogP contribution in [0.3, 0.4) is 0 Å². The largest absolute Gasteiger partial charge is 0.270 e. The molecular formula is C14H11N3O4. The lowest BCUT2D eigenvalue weighted by atomic mass is 10.2. The molecule has 0 heterocycles. The Morgan fingerprint density at radius 3 is 2.05 bits per heavy atom. The highest BCUT2D eigenvalue weighted by Crippen LogP contribution is 2.12. The maximum Gasteiger partial charge on any atom is 0.270 e. The molecule has 0 spiro atoms. The molecule has 7 nitrogen and oxygen atoms in total. The standard InChI is InChI=1S/C14H11N3O4/c18-13(10-5-2-1-3-6-10)15-16-14(19)11-7-4-8-12(9-11)17(20)21/h1-9H,(H,15,18)(H,16,19). The average Bonchev–Trinajstić information content (AvgIpc) is 2.53. The van der Waals surface area contributed by atoms with Crippen LogP contribution < -0.4 is 10.9 Å². The minimum atomic E-state index is -0.636. The molecule has 0 saturated heterocycles. The van der Waals surface area contributed by atoms with Crippen molar-refractivity contribution < 1.29 is 14.5 Å². The van der Waals surface area contributed by atoms with Gasteiger partial charge in [-0.3, -0.25) is 30.6 Å². The molecule has 0 aliphatic heterocycles. The number of nitrogens with one attached hydrogen (secondary N) is 2. The van der Waals surface area contributed by atoms with Crippen LogP contribution >= 0.6 is 0 Å². The summed E-state index contributed by atoms with van der Waals surface area (Å²) in [5.74, 6) is -1.11. The van der Waals surface area contributed by atoms with Gasteiger partial charge in [-0.2, -0.15) is 0 Å². The van der Waals surface area contributed by atoms with Crippen LogP contribution in [0.1, 0.15) is 20.7 Å². The first-order valence-electron chi connectivity index (χ1n) is 5.98. The molecule has 0 aliphatic carbocycles. The molecule has 0 radical (unpaired) electrons. The summed E-state index contributed by atoms with van der Waals surface area (Å²) in [4.78, 5) is 33.6. The lowest BCUT2D eigenvalue weighted by Gasteiger charge is -2.07. The van der Waals surface area contributed by atoms with Crippen LogP contribution in [0.25, 0.3) is 0 Å². The second-order valence-electron chi connectivity index (χ2n) is 4.08. The third-order valence-electron chi connectivity index (χ3n) is 2.64. The van der Waals surface area contributed by atoms with E-state index in [0.29, 0.717) is 5.56 Å². The topological polar surface area (TPSA) is 101 Å². The van der Waals surface area contributed by atoms with E-state index in [-0.39, 0.29) is 11.3 Å². The zero-order valence-electron chi connectivity index (χ0n) is 10.8. The molecule has 0 bridgehead atoms. The van der Waals surface area contributed by atoms with E-state index in [1.54, 1.807) is 30.3 Å². The van der Waals surface area contributed by atoms with Gasteiger partial charge in [0.05, 0.1) is 4.92 Å². The molecule has 0 saturated carbocycles. The zero-order chi connectivity index (χ0) is 15.2. The van der Waals surface area contributed by atoms with Crippen LogP contribution in [0.4, 0.5) is 5.69 Å². The number of benzene rings is 2. The number of rotatable bonds is 3. The van der Waals surface area contributed by atoms with E-state index in [4.69, 9.17) is 0 Å². The molecule has 0 fully saturated rings. The predicted molar refractivity (Wildman–Crippen MR) is 74.5 cm³/mol. The number of amides is 2. The van der Waals surface area contributed by atoms with E-state index < -0.39 is 16.7 Å². The van der Waals surface area contributed by atoms with Crippen molar-refractivity contribution >= 4 is 17.5 Å². The molecule has 0 unspecified atom stereocenters. The molecule has 7 heteroatoms. The number of nitro groups is 1. The first-order valence-corrected chi connectivity index (χ1v) is 5.98. The van der Waals surface area contributed by atoms with Crippen molar-refractivity contribution in [2.75, 3.05) is 0 Å². The lowest BCUT2D eigenvalue weighted by molar-refractivity contribution is -0.384. The zero-order valence-corrected chi connectivity index (χ0v) is 10.8. The van der Waals surface area contributed by atoms with Crippen molar-refractivity contribution in [3.8, 4) is 0 Å². The van der Waals surface area contributed by atoms with Gasteiger partial charge >= 0.3 is 0 Å². The first-order chi connectivity index (χ1) is 10.1. The Morgan fingerprint density at radius 1 is 0.857 bits per heavy atom. The van der Waals surface area contributed by atoms with E-state index in [2.05, 4.69) is 10.9 Å². The summed E-state index contributed by atoms with van der Waals surface area (Å²) in [5, 5.41) is 10.6. The smallest absolute Gasteiger partial charge is 0.267 e. The summed E-state index contributed by atoms with van der Waals surface area (Å²) in [5.41, 5.74) is 4.71. The molecule has 2 aromatic carbocycles. The van der Waals surface area contributed by atoms with Gasteiger partial charge < -0.3 is 0 Å². The maximum atomic E-state index is 11.8. The highest BCUT2D eigenvalue weighted by molar-refractivity contribution is 5.99. The molecule has 0 aliphatic rings. The summed E-state index contributed by atoms with van der Waals surface area (Å²) >= 11 is 0. The summed E-state index contributed by atoms with van der Waals surface area (Å²) in [6.45, 7) is 0. The Labute approximate surface area is 119 Å². The van der Waals surface area contributed by atoms with Crippen LogP contribution in [0.2, 0.25) is 0 Å². The van der Waals surface area contributed by atoms with Crippen molar-refractivity contribution in [3.05, 3.63) is 75.8 Å². The van der Waals surface area contributed by atoms with Crippen LogP contribution in [0.15, 0.2) is 54.6 Å². The van der Waals surface area contributed by atoms with Gasteiger partial charge in [-0.15, -0.1) is 0 Å². The molecule has 0 aromatic heterocycles. The van der Waals surface area contributed by atoms with Gasteiger partial charge in [-0.05, 0) is 18.2 Å². The van der Waals surface area contributed by atoms with Gasteiger partial charge in [0.25, 0.3) is 17.5 Å². The van der Waals surface area contributed by atoms with E-state index in [9.17, 15) is 19.7 Å². The lowest BCUT2D eigenvalue weighted by Crippen LogP contribution is -2.41. The molecule has 0 atom stereocenters. The van der Waals surface area contributed by atoms with Crippen LogP contribution in [-0.4, -0.2) is 16.7 Å². The van der Waals surface area contributed by atoms with Gasteiger partial charge in [0.2, 0.25) is 0 Å². The second-order valence-corrected chi connectivity index (χ2v) is 4.08. The van der Waals surface area contributed by atoms with Gasteiger partial charge in [0, 0.05) is 23.3 Å². The van der Waals surface area contributed by atoms with E-state index >= 15 is 0 Å². The third-order valence-corrected chi connectivity index (χ3v) is 2.64. The molecule has 2 amide bonds. The minimum absolute atomic E-state index is 0.0811. The Kier molecular flexibility index (Phi) is 4.25. The predicted octanol–water partition coefficient (Wildman–Crippen LogP) is 1.67. The number of hydrazine groups is 1. The quantitative estimate of drug-likeness (QED) is 0.661. The Hall–Kier alpha value is -3.22. The first kappa shape index (κ1) is 14.2. The number of non-ortho nitro benzene ring substituents is 1. The van der Waals surface area contributed by atoms with E-state index in [0.717, 1.165) is 6.07 Å². The second kappa shape index (κ2) is 6.29. The Balaban J connectivity index is 2.01. The molecular weight excluding hydrogens is 274 g/mol. The molecule has 2 aromatic rings. The van der Waals surface area contributed by atoms with Crippen molar-refractivity contribution in [1.82, 2.24) is 10.9 Å². The van der Waals surface area contributed by atoms with E-state index in [1.807, 2.05) is 0 Å². The van der Waals surface area contributed by atoms with Crippen molar-refractivity contribution in [2.24, 2.45) is 0 Å². The Bertz CT molecular complexity index is 686. The van der Waals surface area contributed by atoms with Crippen molar-refractivity contribution in [3.63, 3.8) is 0 Å². The van der Waals surface area contributed by atoms with Crippen LogP contribution in [0, 0.1) is 10.1 Å². The number of nitro benzene ring substituents is 1. The SMILES string of the molecule is O=C(NNC(=O)c1cccc([N+](=O)[O-])c1)c1ccccc1. The molecule has 21 heavy (non-hydrogen) atoms. The average molecular weight is 285 g/mol. The number of hydrogen-bond acceptors (Lipinski definition) is 4. The van der Waals surface area contributed by atoms with Gasteiger partial charge in [-0.25, -0.2) is 0 Å². The number of carbonyl (C=O) groups excluding carboxylic acids is 2. The molecule has 2 N–H and O–H groups in total. The van der Waals surface area contributed by atoms with Crippen molar-refractivity contribution in [1.29, 1.82) is 0 Å². The van der Waals surface area contributed by atoms with Crippen LogP contribution in [0.5, 0.6) is 0 Å². The fourth-order valence-corrected chi connectivity index (χ4v) is 1.61. The summed E-state index contributed by atoms with van der Waals surface area (Å²) in [7, 11) is 0.